The summed E-state index contributed by atoms with van der Waals surface area (Å²) in [5.41, 5.74) is 11.7. The molecule has 0 radical (unpaired) electrons. The lowest BCUT2D eigenvalue weighted by Crippen LogP contribution is -2.00. The molecule has 0 N–H and O–H groups in total. The Hall–Kier alpha value is -8.16. The Morgan fingerprint density at radius 2 is 0.831 bits per heavy atom. The van der Waals surface area contributed by atoms with E-state index in [9.17, 15) is 0 Å². The molecule has 0 aliphatic rings. The van der Waals surface area contributed by atoms with Crippen molar-refractivity contribution in [3.8, 4) is 57.0 Å². The van der Waals surface area contributed by atoms with Crippen molar-refractivity contribution in [1.29, 1.82) is 0 Å². The third-order valence-corrected chi connectivity index (χ3v) is 11.2. The van der Waals surface area contributed by atoms with Crippen molar-refractivity contribution >= 4 is 54.7 Å². The summed E-state index contributed by atoms with van der Waals surface area (Å²) in [6.07, 6.45) is 0. The predicted molar refractivity (Wildman–Crippen MR) is 238 cm³/mol. The van der Waals surface area contributed by atoms with Gasteiger partial charge >= 0.3 is 0 Å². The first-order valence-electron chi connectivity index (χ1n) is 19.6. The molecule has 4 heterocycles. The van der Waals surface area contributed by atoms with Gasteiger partial charge in [-0.05, 0) is 72.8 Å². The maximum atomic E-state index is 6.55. The van der Waals surface area contributed by atoms with Gasteiger partial charge in [-0.1, -0.05) is 121 Å². The second-order valence-corrected chi connectivity index (χ2v) is 14.7. The lowest BCUT2D eigenvalue weighted by molar-refractivity contribution is 0.620. The van der Waals surface area contributed by atoms with Gasteiger partial charge in [0.05, 0.1) is 22.1 Å². The average Bonchev–Trinajstić information content (AvgIpc) is 3.99. The maximum Gasteiger partial charge on any atom is 0.227 e. The molecule has 276 valence electrons. The van der Waals surface area contributed by atoms with E-state index in [2.05, 4.69) is 124 Å². The molecule has 0 spiro atoms. The van der Waals surface area contributed by atoms with Crippen LogP contribution >= 0.6 is 0 Å². The highest BCUT2D eigenvalue weighted by atomic mass is 16.3. The number of nitrogens with zero attached hydrogens (tertiary/aromatic N) is 6. The summed E-state index contributed by atoms with van der Waals surface area (Å²) < 4.78 is 11.3. The third kappa shape index (κ3) is 5.44. The Morgan fingerprint density at radius 1 is 0.322 bits per heavy atom. The zero-order chi connectivity index (χ0) is 38.9. The number of aromatic nitrogens is 6. The molecule has 0 amide bonds. The highest BCUT2D eigenvalue weighted by molar-refractivity contribution is 6.19. The normalized spacial score (nSPS) is 11.7. The highest BCUT2D eigenvalue weighted by Gasteiger charge is 2.20. The number of para-hydroxylation sites is 3. The van der Waals surface area contributed by atoms with Crippen molar-refractivity contribution in [1.82, 2.24) is 29.1 Å². The van der Waals surface area contributed by atoms with Crippen LogP contribution in [0.1, 0.15) is 0 Å². The van der Waals surface area contributed by atoms with Gasteiger partial charge in [-0.25, -0.2) is 19.9 Å². The Labute approximate surface area is 338 Å². The first-order chi connectivity index (χ1) is 29.2. The molecule has 8 aromatic carbocycles. The molecule has 0 saturated heterocycles. The Morgan fingerprint density at radius 3 is 1.46 bits per heavy atom. The van der Waals surface area contributed by atoms with Gasteiger partial charge in [0, 0.05) is 55.2 Å². The minimum atomic E-state index is 0.539. The zero-order valence-corrected chi connectivity index (χ0v) is 31.6. The van der Waals surface area contributed by atoms with Crippen LogP contribution in [0.5, 0.6) is 0 Å². The number of hydrogen-bond acceptors (Lipinski definition) is 5. The smallest absolute Gasteiger partial charge is 0.227 e. The molecule has 0 atom stereocenters. The van der Waals surface area contributed by atoms with Gasteiger partial charge in [-0.2, -0.15) is 0 Å². The van der Waals surface area contributed by atoms with Gasteiger partial charge in [0.15, 0.2) is 23.1 Å². The molecule has 0 unspecified atom stereocenters. The molecule has 4 aromatic heterocycles. The lowest BCUT2D eigenvalue weighted by atomic mass is 10.1. The lowest BCUT2D eigenvalue weighted by Gasteiger charge is -2.10. The van der Waals surface area contributed by atoms with Crippen LogP contribution in [0.15, 0.2) is 199 Å². The molecule has 0 bridgehead atoms. The van der Waals surface area contributed by atoms with Crippen molar-refractivity contribution in [3.63, 3.8) is 0 Å². The first kappa shape index (κ1) is 33.0. The fourth-order valence-corrected chi connectivity index (χ4v) is 8.47. The van der Waals surface area contributed by atoms with Crippen LogP contribution in [-0.2, 0) is 0 Å². The van der Waals surface area contributed by atoms with E-state index in [0.29, 0.717) is 28.9 Å². The van der Waals surface area contributed by atoms with Crippen molar-refractivity contribution in [2.45, 2.75) is 0 Å². The molecule has 0 aliphatic heterocycles. The average molecular weight is 757 g/mol. The Kier molecular flexibility index (Phi) is 7.40. The molecule has 12 rings (SSSR count). The second kappa shape index (κ2) is 13.2. The fourth-order valence-electron chi connectivity index (χ4n) is 8.47. The summed E-state index contributed by atoms with van der Waals surface area (Å²) in [6, 6.07) is 67.0. The topological polar surface area (TPSA) is 74.6 Å². The van der Waals surface area contributed by atoms with Gasteiger partial charge in [-0.15, -0.1) is 0 Å². The second-order valence-electron chi connectivity index (χ2n) is 14.7. The van der Waals surface area contributed by atoms with E-state index in [1.165, 1.54) is 27.1 Å². The zero-order valence-electron chi connectivity index (χ0n) is 31.6. The summed E-state index contributed by atoms with van der Waals surface area (Å²) in [5.74, 6) is 2.32. The van der Waals surface area contributed by atoms with Crippen LogP contribution in [0.3, 0.4) is 0 Å². The SMILES string of the molecule is c1ccc(-c2nc(-c3ccccc3)nc(-c3ccc4nc(-c5cccc(-n6c7ccccc7c7cc8c9ccccc9n(-c9ccccc9)c8cc76)c5)oc4c3)n2)cc1. The number of hydrogen-bond donors (Lipinski definition) is 0. The highest BCUT2D eigenvalue weighted by Crippen LogP contribution is 2.40. The van der Waals surface area contributed by atoms with E-state index < -0.39 is 0 Å². The minimum Gasteiger partial charge on any atom is -0.436 e. The summed E-state index contributed by atoms with van der Waals surface area (Å²) in [5, 5.41) is 4.86. The quantitative estimate of drug-likeness (QED) is 0.169. The molecule has 0 fully saturated rings. The van der Waals surface area contributed by atoms with E-state index >= 15 is 0 Å². The molecule has 59 heavy (non-hydrogen) atoms. The van der Waals surface area contributed by atoms with E-state index in [1.54, 1.807) is 0 Å². The maximum absolute atomic E-state index is 6.55. The molecular formula is C52H32N6O. The van der Waals surface area contributed by atoms with Gasteiger partial charge in [0.1, 0.15) is 5.52 Å². The summed E-state index contributed by atoms with van der Waals surface area (Å²) >= 11 is 0. The number of fused-ring (bicyclic) bond motifs is 7. The monoisotopic (exact) mass is 756 g/mol. The third-order valence-electron chi connectivity index (χ3n) is 11.2. The van der Waals surface area contributed by atoms with E-state index in [-0.39, 0.29) is 0 Å². The molecule has 0 saturated carbocycles. The number of benzene rings is 8. The van der Waals surface area contributed by atoms with Gasteiger partial charge in [0.25, 0.3) is 0 Å². The fraction of sp³-hybridized carbons (Fsp3) is 0. The van der Waals surface area contributed by atoms with E-state index in [4.69, 9.17) is 24.4 Å². The van der Waals surface area contributed by atoms with Crippen molar-refractivity contribution in [2.24, 2.45) is 0 Å². The van der Waals surface area contributed by atoms with Crippen LogP contribution in [0.2, 0.25) is 0 Å². The largest absolute Gasteiger partial charge is 0.436 e. The van der Waals surface area contributed by atoms with Crippen molar-refractivity contribution < 1.29 is 4.42 Å². The Balaban J connectivity index is 0.989. The van der Waals surface area contributed by atoms with Crippen LogP contribution in [0.25, 0.3) is 112 Å². The predicted octanol–water partition coefficient (Wildman–Crippen LogP) is 12.9. The summed E-state index contributed by atoms with van der Waals surface area (Å²) in [4.78, 5) is 19.7. The van der Waals surface area contributed by atoms with Crippen LogP contribution in [0, 0.1) is 0 Å². The molecule has 12 aromatic rings. The minimum absolute atomic E-state index is 0.539. The van der Waals surface area contributed by atoms with Gasteiger partial charge < -0.3 is 13.6 Å². The summed E-state index contributed by atoms with van der Waals surface area (Å²) in [6.45, 7) is 0. The Bertz CT molecular complexity index is 3490. The van der Waals surface area contributed by atoms with E-state index in [1.807, 2.05) is 78.9 Å². The molecular weight excluding hydrogens is 725 g/mol. The number of oxazole rings is 1. The molecule has 7 nitrogen and oxygen atoms in total. The van der Waals surface area contributed by atoms with Crippen molar-refractivity contribution in [3.05, 3.63) is 194 Å². The first-order valence-corrected chi connectivity index (χ1v) is 19.6. The standard InChI is InChI=1S/C52H32N6O/c1-4-15-33(16-5-1)49-54-50(34-17-6-2-7-18-34)56-51(55-49)35-27-28-43-48(30-35)59-52(53-43)36-19-14-22-38(29-36)58-45-26-13-11-24-40(45)42-31-41-39-23-10-12-25-44(39)57(46(41)32-47(42)58)37-20-8-3-9-21-37/h1-32H. The summed E-state index contributed by atoms with van der Waals surface area (Å²) in [7, 11) is 0. The van der Waals surface area contributed by atoms with Crippen LogP contribution < -0.4 is 0 Å². The number of rotatable bonds is 6. The molecule has 0 aliphatic carbocycles. The van der Waals surface area contributed by atoms with Crippen LogP contribution in [-0.4, -0.2) is 29.1 Å². The van der Waals surface area contributed by atoms with Crippen LogP contribution in [0.4, 0.5) is 0 Å². The van der Waals surface area contributed by atoms with Crippen molar-refractivity contribution in [2.75, 3.05) is 0 Å². The van der Waals surface area contributed by atoms with E-state index in [0.717, 1.165) is 55.7 Å². The molecule has 7 heteroatoms. The van der Waals surface area contributed by atoms with Gasteiger partial charge in [0.2, 0.25) is 5.89 Å². The van der Waals surface area contributed by atoms with Gasteiger partial charge in [-0.3, -0.25) is 0 Å².